The summed E-state index contributed by atoms with van der Waals surface area (Å²) in [7, 11) is -3.26. The van der Waals surface area contributed by atoms with Crippen molar-refractivity contribution in [2.45, 2.75) is 25.1 Å². The molecule has 0 radical (unpaired) electrons. The lowest BCUT2D eigenvalue weighted by molar-refractivity contribution is 0.577. The van der Waals surface area contributed by atoms with Crippen molar-refractivity contribution in [3.8, 4) is 0 Å². The molecule has 1 aliphatic carbocycles. The van der Waals surface area contributed by atoms with Crippen LogP contribution in [0.4, 0.5) is 5.69 Å². The van der Waals surface area contributed by atoms with Crippen molar-refractivity contribution in [1.82, 2.24) is 4.72 Å². The van der Waals surface area contributed by atoms with Gasteiger partial charge in [0.2, 0.25) is 10.0 Å². The normalized spacial score (nSPS) is 24.3. The van der Waals surface area contributed by atoms with Gasteiger partial charge in [-0.1, -0.05) is 25.1 Å². The fourth-order valence-electron chi connectivity index (χ4n) is 1.63. The van der Waals surface area contributed by atoms with Crippen LogP contribution < -0.4 is 10.5 Å². The standard InChI is InChI=1S/C11H16N2O2S/c1-8-6-11(8)13-16(14,15)7-9-4-2-3-5-10(9)12/h2-5,8,11,13H,6-7,12H2,1H3. The molecule has 88 valence electrons. The average molecular weight is 240 g/mol. The van der Waals surface area contributed by atoms with E-state index in [4.69, 9.17) is 5.73 Å². The maximum atomic E-state index is 11.8. The minimum atomic E-state index is -3.26. The summed E-state index contributed by atoms with van der Waals surface area (Å²) in [6.07, 6.45) is 0.934. The Hall–Kier alpha value is -1.07. The van der Waals surface area contributed by atoms with E-state index in [1.165, 1.54) is 0 Å². The van der Waals surface area contributed by atoms with Gasteiger partial charge in [-0.3, -0.25) is 0 Å². The zero-order chi connectivity index (χ0) is 11.8. The van der Waals surface area contributed by atoms with Crippen molar-refractivity contribution in [2.24, 2.45) is 5.92 Å². The quantitative estimate of drug-likeness (QED) is 0.774. The molecule has 1 saturated carbocycles. The number of nitrogen functional groups attached to an aromatic ring is 1. The maximum absolute atomic E-state index is 11.8. The first-order valence-electron chi connectivity index (χ1n) is 5.31. The lowest BCUT2D eigenvalue weighted by Gasteiger charge is -2.07. The van der Waals surface area contributed by atoms with Gasteiger partial charge in [-0.25, -0.2) is 13.1 Å². The van der Waals surface area contributed by atoms with E-state index in [9.17, 15) is 8.42 Å². The summed E-state index contributed by atoms with van der Waals surface area (Å²) in [5, 5.41) is 0. The first-order valence-corrected chi connectivity index (χ1v) is 6.96. The smallest absolute Gasteiger partial charge is 0.216 e. The Morgan fingerprint density at radius 2 is 2.06 bits per heavy atom. The van der Waals surface area contributed by atoms with Gasteiger partial charge in [-0.15, -0.1) is 0 Å². The summed E-state index contributed by atoms with van der Waals surface area (Å²) < 4.78 is 26.2. The third kappa shape index (κ3) is 2.74. The van der Waals surface area contributed by atoms with Crippen molar-refractivity contribution in [2.75, 3.05) is 5.73 Å². The molecule has 1 aliphatic rings. The van der Waals surface area contributed by atoms with Gasteiger partial charge >= 0.3 is 0 Å². The van der Waals surface area contributed by atoms with E-state index in [1.807, 2.05) is 6.92 Å². The Kier molecular flexibility index (Phi) is 2.90. The highest BCUT2D eigenvalue weighted by Gasteiger charge is 2.35. The minimum Gasteiger partial charge on any atom is -0.398 e. The molecule has 0 heterocycles. The zero-order valence-corrected chi connectivity index (χ0v) is 10.00. The summed E-state index contributed by atoms with van der Waals surface area (Å²) in [4.78, 5) is 0. The molecule has 5 heteroatoms. The summed E-state index contributed by atoms with van der Waals surface area (Å²) in [6.45, 7) is 2.03. The van der Waals surface area contributed by atoms with Gasteiger partial charge in [0, 0.05) is 11.7 Å². The van der Waals surface area contributed by atoms with Crippen molar-refractivity contribution >= 4 is 15.7 Å². The highest BCUT2D eigenvalue weighted by atomic mass is 32.2. The van der Waals surface area contributed by atoms with E-state index in [2.05, 4.69) is 4.72 Å². The molecule has 1 fully saturated rings. The third-order valence-electron chi connectivity index (χ3n) is 2.84. The van der Waals surface area contributed by atoms with Crippen LogP contribution >= 0.6 is 0 Å². The largest absolute Gasteiger partial charge is 0.398 e. The SMILES string of the molecule is CC1CC1NS(=O)(=O)Cc1ccccc1N. The number of anilines is 1. The van der Waals surface area contributed by atoms with Gasteiger partial charge in [0.15, 0.2) is 0 Å². The van der Waals surface area contributed by atoms with Crippen LogP contribution in [0.25, 0.3) is 0 Å². The van der Waals surface area contributed by atoms with Gasteiger partial charge in [0.05, 0.1) is 5.75 Å². The second-order valence-corrected chi connectivity index (χ2v) is 6.15. The van der Waals surface area contributed by atoms with Crippen molar-refractivity contribution in [3.63, 3.8) is 0 Å². The zero-order valence-electron chi connectivity index (χ0n) is 9.18. The number of nitrogens with one attached hydrogen (secondary N) is 1. The average Bonchev–Trinajstić information content (AvgIpc) is 2.84. The lowest BCUT2D eigenvalue weighted by atomic mass is 10.2. The molecule has 4 nitrogen and oxygen atoms in total. The number of hydrogen-bond donors (Lipinski definition) is 2. The fraction of sp³-hybridized carbons (Fsp3) is 0.455. The summed E-state index contributed by atoms with van der Waals surface area (Å²) in [5.41, 5.74) is 6.89. The van der Waals surface area contributed by atoms with Gasteiger partial charge in [0.1, 0.15) is 0 Å². The lowest BCUT2D eigenvalue weighted by Crippen LogP contribution is -2.28. The molecule has 0 spiro atoms. The van der Waals surface area contributed by atoms with Gasteiger partial charge in [-0.2, -0.15) is 0 Å². The van der Waals surface area contributed by atoms with E-state index in [-0.39, 0.29) is 11.8 Å². The van der Waals surface area contributed by atoms with Crippen LogP contribution in [0.5, 0.6) is 0 Å². The van der Waals surface area contributed by atoms with E-state index >= 15 is 0 Å². The first kappa shape index (κ1) is 11.4. The Balaban J connectivity index is 2.06. The molecule has 0 saturated heterocycles. The topological polar surface area (TPSA) is 72.2 Å². The number of para-hydroxylation sites is 1. The van der Waals surface area contributed by atoms with Crippen LogP contribution in [0, 0.1) is 5.92 Å². The van der Waals surface area contributed by atoms with E-state index in [0.717, 1.165) is 6.42 Å². The van der Waals surface area contributed by atoms with Crippen LogP contribution in [0.1, 0.15) is 18.9 Å². The molecule has 2 unspecified atom stereocenters. The van der Waals surface area contributed by atoms with Crippen LogP contribution in [0.15, 0.2) is 24.3 Å². The van der Waals surface area contributed by atoms with E-state index in [0.29, 0.717) is 17.2 Å². The van der Waals surface area contributed by atoms with E-state index in [1.54, 1.807) is 24.3 Å². The molecule has 0 aromatic heterocycles. The monoisotopic (exact) mass is 240 g/mol. The van der Waals surface area contributed by atoms with Crippen molar-refractivity contribution in [3.05, 3.63) is 29.8 Å². The molecule has 3 N–H and O–H groups in total. The highest BCUT2D eigenvalue weighted by Crippen LogP contribution is 2.30. The Bertz CT molecular complexity index is 485. The van der Waals surface area contributed by atoms with Gasteiger partial charge < -0.3 is 5.73 Å². The molecule has 2 atom stereocenters. The molecule has 2 rings (SSSR count). The predicted molar refractivity (Wildman–Crippen MR) is 64.2 cm³/mol. The van der Waals surface area contributed by atoms with Crippen molar-refractivity contribution < 1.29 is 8.42 Å². The summed E-state index contributed by atoms with van der Waals surface area (Å²) in [5.74, 6) is 0.422. The maximum Gasteiger partial charge on any atom is 0.216 e. The molecule has 0 aliphatic heterocycles. The Labute approximate surface area is 95.9 Å². The molecular formula is C11H16N2O2S. The van der Waals surface area contributed by atoms with Crippen LogP contribution in [0.2, 0.25) is 0 Å². The second kappa shape index (κ2) is 4.07. The Morgan fingerprint density at radius 3 is 2.62 bits per heavy atom. The molecule has 16 heavy (non-hydrogen) atoms. The summed E-state index contributed by atoms with van der Waals surface area (Å²) >= 11 is 0. The minimum absolute atomic E-state index is 0.0388. The van der Waals surface area contributed by atoms with Crippen LogP contribution in [0.3, 0.4) is 0 Å². The van der Waals surface area contributed by atoms with Gasteiger partial charge in [-0.05, 0) is 24.0 Å². The predicted octanol–water partition coefficient (Wildman–Crippen LogP) is 1.10. The number of hydrogen-bond acceptors (Lipinski definition) is 3. The van der Waals surface area contributed by atoms with Crippen LogP contribution in [-0.2, 0) is 15.8 Å². The molecular weight excluding hydrogens is 224 g/mol. The fourth-order valence-corrected chi connectivity index (χ4v) is 3.17. The molecule has 1 aromatic carbocycles. The van der Waals surface area contributed by atoms with E-state index < -0.39 is 10.0 Å². The third-order valence-corrected chi connectivity index (χ3v) is 4.19. The Morgan fingerprint density at radius 1 is 1.44 bits per heavy atom. The second-order valence-electron chi connectivity index (χ2n) is 4.40. The number of sulfonamides is 1. The van der Waals surface area contributed by atoms with Crippen LogP contribution in [-0.4, -0.2) is 14.5 Å². The highest BCUT2D eigenvalue weighted by molar-refractivity contribution is 7.88. The van der Waals surface area contributed by atoms with Crippen molar-refractivity contribution in [1.29, 1.82) is 0 Å². The molecule has 1 aromatic rings. The first-order chi connectivity index (χ1) is 7.48. The van der Waals surface area contributed by atoms with Gasteiger partial charge in [0.25, 0.3) is 0 Å². The number of rotatable bonds is 4. The molecule has 0 amide bonds. The number of benzene rings is 1. The molecule has 0 bridgehead atoms. The summed E-state index contributed by atoms with van der Waals surface area (Å²) in [6, 6.07) is 7.16. The number of nitrogens with two attached hydrogens (primary N) is 1.